The van der Waals surface area contributed by atoms with Gasteiger partial charge in [0.2, 0.25) is 0 Å². The average Bonchev–Trinajstić information content (AvgIpc) is 3.47. The van der Waals surface area contributed by atoms with Crippen LogP contribution in [0.4, 0.5) is 0 Å². The Bertz CT molecular complexity index is 894. The first-order valence-corrected chi connectivity index (χ1v) is 9.48. The number of amides is 1. The lowest BCUT2D eigenvalue weighted by atomic mass is 10.2. The summed E-state index contributed by atoms with van der Waals surface area (Å²) in [6.45, 7) is 4.64. The van der Waals surface area contributed by atoms with E-state index < -0.39 is 0 Å². The number of para-hydroxylation sites is 1. The number of benzene rings is 1. The molecule has 0 spiro atoms. The number of carbonyl (C=O) groups is 1. The summed E-state index contributed by atoms with van der Waals surface area (Å²) in [6.07, 6.45) is 5.58. The van der Waals surface area contributed by atoms with Crippen molar-refractivity contribution in [2.24, 2.45) is 0 Å². The van der Waals surface area contributed by atoms with E-state index in [2.05, 4.69) is 17.3 Å². The molecule has 0 bridgehead atoms. The van der Waals surface area contributed by atoms with E-state index in [-0.39, 0.29) is 11.9 Å². The maximum Gasteiger partial charge on any atom is 0.289 e. The van der Waals surface area contributed by atoms with Crippen LogP contribution >= 0.6 is 0 Å². The van der Waals surface area contributed by atoms with Gasteiger partial charge in [0.1, 0.15) is 5.76 Å². The van der Waals surface area contributed by atoms with Gasteiger partial charge in [0.15, 0.2) is 5.76 Å². The number of hydrogen-bond donors (Lipinski definition) is 1. The fourth-order valence-electron chi connectivity index (χ4n) is 3.52. The highest BCUT2D eigenvalue weighted by atomic mass is 16.4. The molecule has 0 saturated carbocycles. The van der Waals surface area contributed by atoms with Crippen LogP contribution in [0.3, 0.4) is 0 Å². The number of carbonyl (C=O) groups excluding carboxylic acids is 1. The van der Waals surface area contributed by atoms with E-state index in [1.54, 1.807) is 16.9 Å². The molecule has 3 aromatic rings. The molecule has 1 fully saturated rings. The Morgan fingerprint density at radius 2 is 2.15 bits per heavy atom. The summed E-state index contributed by atoms with van der Waals surface area (Å²) in [5.41, 5.74) is 1.83. The topological polar surface area (TPSA) is 63.3 Å². The lowest BCUT2D eigenvalue weighted by Crippen LogP contribution is -2.41. The van der Waals surface area contributed by atoms with Crippen LogP contribution in [0.25, 0.3) is 17.0 Å². The summed E-state index contributed by atoms with van der Waals surface area (Å²) in [5.74, 6) is 1.01. The van der Waals surface area contributed by atoms with Crippen LogP contribution in [-0.2, 0) is 0 Å². The molecule has 1 N–H and O–H groups in total. The Morgan fingerprint density at radius 1 is 1.30 bits per heavy atom. The van der Waals surface area contributed by atoms with Crippen molar-refractivity contribution in [3.8, 4) is 17.0 Å². The molecular weight excluding hydrogens is 340 g/mol. The highest BCUT2D eigenvalue weighted by molar-refractivity contribution is 5.92. The van der Waals surface area contributed by atoms with Crippen LogP contribution < -0.4 is 5.32 Å². The van der Waals surface area contributed by atoms with Gasteiger partial charge in [-0.3, -0.25) is 4.79 Å². The molecule has 27 heavy (non-hydrogen) atoms. The average molecular weight is 364 g/mol. The number of rotatable bonds is 6. The highest BCUT2D eigenvalue weighted by Gasteiger charge is 2.28. The third kappa shape index (κ3) is 3.66. The minimum absolute atomic E-state index is 0.0350. The summed E-state index contributed by atoms with van der Waals surface area (Å²) in [6, 6.07) is 13.8. The molecule has 1 aliphatic heterocycles. The SMILES string of the molecule is CCCN(C(=O)c1ccc(-c2cnn(-c3ccccc3)c2)o1)C1CCNC1. The molecule has 1 atom stereocenters. The Morgan fingerprint density at radius 3 is 2.89 bits per heavy atom. The lowest BCUT2D eigenvalue weighted by molar-refractivity contribution is 0.0660. The molecule has 2 aromatic heterocycles. The Hall–Kier alpha value is -2.86. The van der Waals surface area contributed by atoms with Gasteiger partial charge < -0.3 is 14.6 Å². The minimum Gasteiger partial charge on any atom is -0.451 e. The molecule has 1 aromatic carbocycles. The monoisotopic (exact) mass is 364 g/mol. The predicted molar refractivity (Wildman–Crippen MR) is 104 cm³/mol. The highest BCUT2D eigenvalue weighted by Crippen LogP contribution is 2.24. The third-order valence-corrected chi connectivity index (χ3v) is 4.91. The molecule has 3 heterocycles. The predicted octanol–water partition coefficient (Wildman–Crippen LogP) is 3.35. The molecule has 6 nitrogen and oxygen atoms in total. The van der Waals surface area contributed by atoms with Crippen molar-refractivity contribution < 1.29 is 9.21 Å². The first kappa shape index (κ1) is 17.5. The zero-order valence-electron chi connectivity index (χ0n) is 15.5. The quantitative estimate of drug-likeness (QED) is 0.729. The summed E-state index contributed by atoms with van der Waals surface area (Å²) in [7, 11) is 0. The van der Waals surface area contributed by atoms with Crippen molar-refractivity contribution in [1.82, 2.24) is 20.0 Å². The molecule has 1 aliphatic rings. The summed E-state index contributed by atoms with van der Waals surface area (Å²) < 4.78 is 7.70. The van der Waals surface area contributed by atoms with Gasteiger partial charge in [0.05, 0.1) is 17.4 Å². The second-order valence-electron chi connectivity index (χ2n) is 6.82. The minimum atomic E-state index is -0.0350. The molecule has 1 saturated heterocycles. The van der Waals surface area contributed by atoms with Gasteiger partial charge in [-0.2, -0.15) is 5.10 Å². The molecule has 1 amide bonds. The summed E-state index contributed by atoms with van der Waals surface area (Å²) >= 11 is 0. The first-order chi connectivity index (χ1) is 13.3. The zero-order valence-corrected chi connectivity index (χ0v) is 15.5. The van der Waals surface area contributed by atoms with E-state index in [0.717, 1.165) is 43.7 Å². The number of hydrogen-bond acceptors (Lipinski definition) is 4. The van der Waals surface area contributed by atoms with Crippen LogP contribution in [0.5, 0.6) is 0 Å². The van der Waals surface area contributed by atoms with Crippen LogP contribution in [0, 0.1) is 0 Å². The van der Waals surface area contributed by atoms with Gasteiger partial charge in [-0.05, 0) is 43.7 Å². The van der Waals surface area contributed by atoms with Crippen molar-refractivity contribution in [1.29, 1.82) is 0 Å². The van der Waals surface area contributed by atoms with Gasteiger partial charge in [-0.25, -0.2) is 4.68 Å². The van der Waals surface area contributed by atoms with E-state index in [1.807, 2.05) is 47.5 Å². The van der Waals surface area contributed by atoms with Crippen LogP contribution in [0.1, 0.15) is 30.3 Å². The van der Waals surface area contributed by atoms with Gasteiger partial charge >= 0.3 is 0 Å². The van der Waals surface area contributed by atoms with Crippen molar-refractivity contribution in [3.05, 3.63) is 60.6 Å². The maximum atomic E-state index is 13.0. The normalized spacial score (nSPS) is 16.6. The van der Waals surface area contributed by atoms with Crippen molar-refractivity contribution >= 4 is 5.91 Å². The van der Waals surface area contributed by atoms with Gasteiger partial charge in [-0.15, -0.1) is 0 Å². The Labute approximate surface area is 158 Å². The van der Waals surface area contributed by atoms with Crippen LogP contribution in [0.15, 0.2) is 59.3 Å². The van der Waals surface area contributed by atoms with Crippen molar-refractivity contribution in [2.75, 3.05) is 19.6 Å². The first-order valence-electron chi connectivity index (χ1n) is 9.48. The zero-order chi connectivity index (χ0) is 18.6. The van der Waals surface area contributed by atoms with Crippen LogP contribution in [-0.4, -0.2) is 46.3 Å². The summed E-state index contributed by atoms with van der Waals surface area (Å²) in [4.78, 5) is 14.9. The molecule has 0 radical (unpaired) electrons. The van der Waals surface area contributed by atoms with E-state index >= 15 is 0 Å². The van der Waals surface area contributed by atoms with E-state index in [9.17, 15) is 4.79 Å². The van der Waals surface area contributed by atoms with Gasteiger partial charge in [-0.1, -0.05) is 25.1 Å². The standard InChI is InChI=1S/C21H24N4O2/c1-2-12-24(18-10-11-22-14-18)21(26)20-9-8-19(27-20)16-13-23-25(15-16)17-6-4-3-5-7-17/h3-9,13,15,18,22H,2,10-12,14H2,1H3. The van der Waals surface area contributed by atoms with Gasteiger partial charge in [0.25, 0.3) is 5.91 Å². The smallest absolute Gasteiger partial charge is 0.289 e. The fourth-order valence-corrected chi connectivity index (χ4v) is 3.52. The van der Waals surface area contributed by atoms with Crippen LogP contribution in [0.2, 0.25) is 0 Å². The van der Waals surface area contributed by atoms with E-state index in [4.69, 9.17) is 4.42 Å². The van der Waals surface area contributed by atoms with E-state index in [0.29, 0.717) is 11.5 Å². The fraction of sp³-hybridized carbons (Fsp3) is 0.333. The van der Waals surface area contributed by atoms with Crippen molar-refractivity contribution in [2.45, 2.75) is 25.8 Å². The van der Waals surface area contributed by atoms with E-state index in [1.165, 1.54) is 0 Å². The molecule has 6 heteroatoms. The molecular formula is C21H24N4O2. The second kappa shape index (κ2) is 7.80. The molecule has 0 aliphatic carbocycles. The molecule has 4 rings (SSSR count). The number of nitrogens with zero attached hydrogens (tertiary/aromatic N) is 3. The molecule has 1 unspecified atom stereocenters. The number of nitrogens with one attached hydrogen (secondary N) is 1. The maximum absolute atomic E-state index is 13.0. The lowest BCUT2D eigenvalue weighted by Gasteiger charge is -2.27. The Balaban J connectivity index is 1.54. The largest absolute Gasteiger partial charge is 0.451 e. The van der Waals surface area contributed by atoms with Gasteiger partial charge in [0, 0.05) is 25.3 Å². The third-order valence-electron chi connectivity index (χ3n) is 4.91. The summed E-state index contributed by atoms with van der Waals surface area (Å²) in [5, 5.41) is 7.73. The second-order valence-corrected chi connectivity index (χ2v) is 6.82. The van der Waals surface area contributed by atoms with Crippen molar-refractivity contribution in [3.63, 3.8) is 0 Å². The number of aromatic nitrogens is 2. The Kier molecular flexibility index (Phi) is 5.07. The molecule has 140 valence electrons. The number of furan rings is 1.